The van der Waals surface area contributed by atoms with Crippen LogP contribution >= 0.6 is 0 Å². The lowest BCUT2D eigenvalue weighted by atomic mass is 9.52. The third kappa shape index (κ3) is 10.3. The molecule has 6 rings (SSSR count). The van der Waals surface area contributed by atoms with Crippen molar-refractivity contribution in [3.8, 4) is 0 Å². The van der Waals surface area contributed by atoms with Gasteiger partial charge in [0.1, 0.15) is 35.6 Å². The van der Waals surface area contributed by atoms with Gasteiger partial charge >= 0.3 is 24.0 Å². The van der Waals surface area contributed by atoms with Gasteiger partial charge in [0, 0.05) is 31.8 Å². The van der Waals surface area contributed by atoms with Gasteiger partial charge in [-0.25, -0.2) is 14.4 Å². The molecular formula is C46H60N2O15. The van der Waals surface area contributed by atoms with Gasteiger partial charge in [-0.15, -0.1) is 0 Å². The number of nitrogens with zero attached hydrogens (tertiary/aromatic N) is 1. The van der Waals surface area contributed by atoms with E-state index in [9.17, 15) is 39.6 Å². The molecule has 2 aliphatic heterocycles. The SMILES string of the molecule is C/C1=C(/C(C)(C)O)[C@@H](O)C(=O)[C@@]2(C)C([C@H](OC(=O)c3ccccc3)C[C@@H]1OC(=O)[C@H](OC(=O)CN1CCOCC1)[C@@H](NC(=O)OC(C)(C)C)c1ccccc1)[C@]1(O)CO[C@@H]1C[C@@H]2O. The van der Waals surface area contributed by atoms with Crippen molar-refractivity contribution in [2.75, 3.05) is 39.5 Å². The standard InChI is InChI=1S/C46H60N2O15/c1-26-29(60-41(54)37(62-33(50)24-48-18-20-58-21-19-48)35(27-14-10-8-11-15-27)47-42(55)63-43(2,3)4)22-30(61-40(53)28-16-12-9-13-17-28)38-45(7,31(49)23-32-46(38,57)25-59-32)39(52)36(51)34(26)44(5,6)56/h8-17,29-32,35-38,49,51,56-57H,18-25H2,1-7H3,(H,47,55)/b34-26-/t29-,30+,31-,32+,35-,36+,37+,38?,45+,46-/m0/s1. The van der Waals surface area contributed by atoms with Crippen LogP contribution in [0.15, 0.2) is 71.8 Å². The quantitative estimate of drug-likeness (QED) is 0.124. The Kier molecular flexibility index (Phi) is 14.2. The molecule has 0 radical (unpaired) electrons. The highest BCUT2D eigenvalue weighted by molar-refractivity contribution is 5.93. The number of fused-ring (bicyclic) bond motifs is 3. The van der Waals surface area contributed by atoms with E-state index in [4.69, 9.17) is 28.4 Å². The lowest BCUT2D eigenvalue weighted by Crippen LogP contribution is -2.76. The molecule has 2 aliphatic carbocycles. The first kappa shape index (κ1) is 47.7. The molecule has 10 atom stereocenters. The summed E-state index contributed by atoms with van der Waals surface area (Å²) >= 11 is 0. The maximum Gasteiger partial charge on any atom is 0.408 e. The molecule has 5 N–H and O–H groups in total. The second-order valence-electron chi connectivity index (χ2n) is 18.5. The number of aliphatic hydroxyl groups excluding tert-OH is 2. The molecule has 2 aromatic rings. The molecule has 1 amide bonds. The third-order valence-corrected chi connectivity index (χ3v) is 12.4. The first-order valence-electron chi connectivity index (χ1n) is 21.2. The van der Waals surface area contributed by atoms with Gasteiger partial charge in [0.25, 0.3) is 0 Å². The predicted octanol–water partition coefficient (Wildman–Crippen LogP) is 2.57. The van der Waals surface area contributed by atoms with E-state index < -0.39 is 107 Å². The summed E-state index contributed by atoms with van der Waals surface area (Å²) < 4.78 is 35.1. The number of hydrogen-bond acceptors (Lipinski definition) is 16. The van der Waals surface area contributed by atoms with Crippen molar-refractivity contribution in [3.05, 3.63) is 82.9 Å². The molecule has 1 unspecified atom stereocenters. The highest BCUT2D eigenvalue weighted by atomic mass is 16.6. The van der Waals surface area contributed by atoms with E-state index >= 15 is 4.79 Å². The zero-order chi connectivity index (χ0) is 46.1. The van der Waals surface area contributed by atoms with Gasteiger partial charge < -0.3 is 54.2 Å². The fourth-order valence-electron chi connectivity index (χ4n) is 9.33. The van der Waals surface area contributed by atoms with E-state index in [-0.39, 0.29) is 36.3 Å². The number of carbonyl (C=O) groups excluding carboxylic acids is 5. The number of ether oxygens (including phenoxy) is 6. The smallest absolute Gasteiger partial charge is 0.408 e. The van der Waals surface area contributed by atoms with E-state index in [1.165, 1.54) is 39.8 Å². The zero-order valence-electron chi connectivity index (χ0n) is 36.8. The normalized spacial score (nSPS) is 31.3. The van der Waals surface area contributed by atoms with Crippen LogP contribution in [0.5, 0.6) is 0 Å². The average Bonchev–Trinajstić information content (AvgIpc) is 3.23. The number of alkyl carbamates (subject to hydrolysis) is 1. The van der Waals surface area contributed by atoms with Gasteiger partial charge in [-0.05, 0) is 77.3 Å². The Bertz CT molecular complexity index is 2030. The van der Waals surface area contributed by atoms with Crippen LogP contribution in [0.1, 0.15) is 83.3 Å². The molecule has 0 spiro atoms. The van der Waals surface area contributed by atoms with E-state index in [0.717, 1.165) is 0 Å². The van der Waals surface area contributed by atoms with Gasteiger partial charge in [0.05, 0.1) is 55.2 Å². The Morgan fingerprint density at radius 1 is 0.937 bits per heavy atom. The number of Topliss-reactive ketones (excluding diaryl/α,β-unsaturated/α-hetero) is 1. The molecule has 0 aromatic heterocycles. The average molecular weight is 881 g/mol. The number of amides is 1. The van der Waals surface area contributed by atoms with Gasteiger partial charge in [-0.2, -0.15) is 0 Å². The number of esters is 3. The summed E-state index contributed by atoms with van der Waals surface area (Å²) in [5.41, 5.74) is -6.73. The third-order valence-electron chi connectivity index (χ3n) is 12.4. The van der Waals surface area contributed by atoms with Gasteiger partial charge in [-0.3, -0.25) is 14.5 Å². The minimum absolute atomic E-state index is 0.0302. The molecule has 2 heterocycles. The summed E-state index contributed by atoms with van der Waals surface area (Å²) in [7, 11) is 0. The molecule has 17 heteroatoms. The van der Waals surface area contributed by atoms with Gasteiger partial charge in [0.2, 0.25) is 6.10 Å². The van der Waals surface area contributed by atoms with Crippen molar-refractivity contribution >= 4 is 29.8 Å². The van der Waals surface area contributed by atoms with Crippen molar-refractivity contribution < 1.29 is 72.8 Å². The highest BCUT2D eigenvalue weighted by Gasteiger charge is 2.71. The fraction of sp³-hybridized carbons (Fsp3) is 0.587. The largest absolute Gasteiger partial charge is 0.458 e. The molecule has 1 saturated carbocycles. The Labute approximate surface area is 366 Å². The summed E-state index contributed by atoms with van der Waals surface area (Å²) in [5.74, 6) is -5.37. The predicted molar refractivity (Wildman–Crippen MR) is 223 cm³/mol. The van der Waals surface area contributed by atoms with Crippen LogP contribution in [0.4, 0.5) is 4.79 Å². The summed E-state index contributed by atoms with van der Waals surface area (Å²) in [6.45, 7) is 11.3. The number of nitrogens with one attached hydrogen (secondary N) is 1. The van der Waals surface area contributed by atoms with E-state index in [1.54, 1.807) is 74.2 Å². The van der Waals surface area contributed by atoms with Crippen molar-refractivity contribution in [2.45, 2.75) is 121 Å². The van der Waals surface area contributed by atoms with Crippen molar-refractivity contribution in [1.29, 1.82) is 0 Å². The minimum Gasteiger partial charge on any atom is -0.458 e. The van der Waals surface area contributed by atoms with Crippen molar-refractivity contribution in [3.63, 3.8) is 0 Å². The summed E-state index contributed by atoms with van der Waals surface area (Å²) in [6, 6.07) is 14.7. The first-order valence-corrected chi connectivity index (χ1v) is 21.2. The first-order chi connectivity index (χ1) is 29.5. The maximum absolute atomic E-state index is 15.0. The lowest BCUT2D eigenvalue weighted by molar-refractivity contribution is -0.326. The number of hydrogen-bond donors (Lipinski definition) is 5. The maximum atomic E-state index is 15.0. The summed E-state index contributed by atoms with van der Waals surface area (Å²) in [6.07, 6.45) is -11.4. The van der Waals surface area contributed by atoms with Crippen molar-refractivity contribution in [2.24, 2.45) is 11.3 Å². The van der Waals surface area contributed by atoms with Gasteiger partial charge in [0.15, 0.2) is 5.78 Å². The van der Waals surface area contributed by atoms with Crippen LogP contribution < -0.4 is 5.32 Å². The van der Waals surface area contributed by atoms with Crippen LogP contribution in [0.25, 0.3) is 0 Å². The monoisotopic (exact) mass is 880 g/mol. The number of morpholine rings is 1. The van der Waals surface area contributed by atoms with E-state index in [0.29, 0.717) is 31.9 Å². The van der Waals surface area contributed by atoms with E-state index in [1.807, 2.05) is 0 Å². The van der Waals surface area contributed by atoms with Crippen molar-refractivity contribution in [1.82, 2.24) is 10.2 Å². The molecule has 2 saturated heterocycles. The Morgan fingerprint density at radius 3 is 2.13 bits per heavy atom. The molecule has 63 heavy (non-hydrogen) atoms. The van der Waals surface area contributed by atoms with Crippen LogP contribution in [0.3, 0.4) is 0 Å². The van der Waals surface area contributed by atoms with Gasteiger partial charge in [-0.1, -0.05) is 48.5 Å². The summed E-state index contributed by atoms with van der Waals surface area (Å²) in [4.78, 5) is 72.9. The molecule has 344 valence electrons. The molecule has 4 aliphatic rings. The van der Waals surface area contributed by atoms with Crippen LogP contribution in [0.2, 0.25) is 0 Å². The second kappa shape index (κ2) is 18.8. The second-order valence-corrected chi connectivity index (χ2v) is 18.5. The Hall–Kier alpha value is -4.75. The Morgan fingerprint density at radius 2 is 1.56 bits per heavy atom. The number of aliphatic hydroxyl groups is 4. The number of rotatable bonds is 11. The number of carbonyl (C=O) groups is 5. The number of benzene rings is 2. The molecule has 17 nitrogen and oxygen atoms in total. The minimum atomic E-state index is -2.13. The molecule has 2 aromatic carbocycles. The molecule has 0 bridgehead atoms. The topological polar surface area (TPSA) is 237 Å². The Balaban J connectivity index is 1.48. The summed E-state index contributed by atoms with van der Waals surface area (Å²) in [5, 5.41) is 50.6. The fourth-order valence-corrected chi connectivity index (χ4v) is 9.33. The lowest BCUT2D eigenvalue weighted by Gasteiger charge is -2.62. The molecular weight excluding hydrogens is 821 g/mol. The van der Waals surface area contributed by atoms with E-state index in [2.05, 4.69) is 5.32 Å². The van der Waals surface area contributed by atoms with Crippen LogP contribution in [0, 0.1) is 11.3 Å². The number of ketones is 1. The molecule has 3 fully saturated rings. The van der Waals surface area contributed by atoms with Crippen LogP contribution in [-0.4, -0.2) is 148 Å². The van der Waals surface area contributed by atoms with Crippen LogP contribution in [-0.2, 0) is 42.8 Å². The zero-order valence-corrected chi connectivity index (χ0v) is 36.8. The highest BCUT2D eigenvalue weighted by Crippen LogP contribution is 2.56.